The number of hydrogen-bond acceptors (Lipinski definition) is 6. The largest absolute Gasteiger partial charge is 0.459 e. The quantitative estimate of drug-likeness (QED) is 0.509. The Morgan fingerprint density at radius 1 is 1.15 bits per heavy atom. The molecule has 0 radical (unpaired) electrons. The number of aliphatic hydroxyl groups excluding tert-OH is 3. The van der Waals surface area contributed by atoms with Gasteiger partial charge in [-0.2, -0.15) is 0 Å². The highest BCUT2D eigenvalue weighted by molar-refractivity contribution is 5.92. The van der Waals surface area contributed by atoms with Gasteiger partial charge in [-0.3, -0.25) is 4.79 Å². The number of fused-ring (bicyclic) bond motifs is 1. The van der Waals surface area contributed by atoms with Gasteiger partial charge in [-0.05, 0) is 49.9 Å². The number of cyclic esters (lactones) is 1. The lowest BCUT2D eigenvalue weighted by Gasteiger charge is -2.50. The first-order chi connectivity index (χ1) is 12.7. The fraction of sp³-hybridized carbons (Fsp3) is 0.810. The van der Waals surface area contributed by atoms with Gasteiger partial charge in [-0.25, -0.2) is 4.79 Å². The smallest absolute Gasteiger partial charge is 0.336 e. The topological polar surface area (TPSA) is 104 Å². The molecule has 0 aromatic heterocycles. The van der Waals surface area contributed by atoms with Crippen molar-refractivity contribution in [3.05, 3.63) is 11.6 Å². The Bertz CT molecular complexity index is 628. The zero-order chi connectivity index (χ0) is 19.8. The van der Waals surface area contributed by atoms with Crippen LogP contribution in [0.25, 0.3) is 0 Å². The van der Waals surface area contributed by atoms with Crippen molar-refractivity contribution in [1.29, 1.82) is 0 Å². The molecule has 6 heteroatoms. The molecule has 0 bridgehead atoms. The molecular formula is C21H32O6. The molecule has 3 fully saturated rings. The van der Waals surface area contributed by atoms with Gasteiger partial charge in [0, 0.05) is 17.8 Å². The van der Waals surface area contributed by atoms with Crippen LogP contribution in [-0.4, -0.2) is 52.5 Å². The molecule has 2 saturated carbocycles. The molecule has 6 nitrogen and oxygen atoms in total. The van der Waals surface area contributed by atoms with Gasteiger partial charge >= 0.3 is 5.97 Å². The van der Waals surface area contributed by atoms with Crippen molar-refractivity contribution in [2.24, 2.45) is 22.7 Å². The summed E-state index contributed by atoms with van der Waals surface area (Å²) in [4.78, 5) is 24.5. The van der Waals surface area contributed by atoms with E-state index in [1.54, 1.807) is 6.08 Å². The number of ether oxygens (including phenoxy) is 1. The number of carbonyl (C=O) groups is 2. The Hall–Kier alpha value is -1.24. The van der Waals surface area contributed by atoms with E-state index < -0.39 is 23.6 Å². The lowest BCUT2D eigenvalue weighted by Crippen LogP contribution is -2.48. The van der Waals surface area contributed by atoms with Crippen LogP contribution in [0.3, 0.4) is 0 Å². The van der Waals surface area contributed by atoms with E-state index in [0.717, 1.165) is 19.3 Å². The molecule has 3 N–H and O–H groups in total. The second-order valence-electron chi connectivity index (χ2n) is 9.18. The van der Waals surface area contributed by atoms with Crippen LogP contribution in [0.15, 0.2) is 11.6 Å². The fourth-order valence-corrected chi connectivity index (χ4v) is 5.30. The van der Waals surface area contributed by atoms with Crippen molar-refractivity contribution >= 4 is 11.8 Å². The number of Topliss-reactive ketones (excluding diaryl/α,β-unsaturated/α-hetero) is 1. The maximum Gasteiger partial charge on any atom is 0.336 e. The van der Waals surface area contributed by atoms with E-state index in [1.807, 2.05) is 6.92 Å². The van der Waals surface area contributed by atoms with Gasteiger partial charge in [-0.1, -0.05) is 19.9 Å². The van der Waals surface area contributed by atoms with Crippen molar-refractivity contribution in [2.75, 3.05) is 13.2 Å². The predicted octanol–water partition coefficient (Wildman–Crippen LogP) is 1.76. The maximum atomic E-state index is 12.8. The second-order valence-corrected chi connectivity index (χ2v) is 9.18. The number of hydrogen-bond donors (Lipinski definition) is 3. The Labute approximate surface area is 160 Å². The molecule has 152 valence electrons. The summed E-state index contributed by atoms with van der Waals surface area (Å²) in [5.74, 6) is -0.182. The van der Waals surface area contributed by atoms with E-state index in [2.05, 4.69) is 6.92 Å². The first-order valence-electron chi connectivity index (χ1n) is 10.1. The predicted molar refractivity (Wildman–Crippen MR) is 98.7 cm³/mol. The molecule has 0 unspecified atom stereocenters. The minimum atomic E-state index is -0.913. The molecule has 1 saturated heterocycles. The van der Waals surface area contributed by atoms with Gasteiger partial charge in [0.1, 0.15) is 18.5 Å². The first-order valence-corrected chi connectivity index (χ1v) is 10.1. The Morgan fingerprint density at radius 2 is 1.89 bits per heavy atom. The summed E-state index contributed by atoms with van der Waals surface area (Å²) >= 11 is 0. The van der Waals surface area contributed by atoms with Crippen LogP contribution < -0.4 is 0 Å². The summed E-state index contributed by atoms with van der Waals surface area (Å²) in [5.41, 5.74) is -0.484. The van der Waals surface area contributed by atoms with E-state index in [4.69, 9.17) is 4.74 Å². The molecule has 6 atom stereocenters. The third-order valence-corrected chi connectivity index (χ3v) is 7.58. The van der Waals surface area contributed by atoms with E-state index >= 15 is 0 Å². The van der Waals surface area contributed by atoms with Crippen molar-refractivity contribution in [2.45, 2.75) is 71.0 Å². The highest BCUT2D eigenvalue weighted by atomic mass is 16.6. The van der Waals surface area contributed by atoms with Crippen LogP contribution in [0, 0.1) is 22.7 Å². The molecule has 3 rings (SSSR count). The molecule has 0 amide bonds. The third-order valence-electron chi connectivity index (χ3n) is 7.58. The van der Waals surface area contributed by atoms with Crippen LogP contribution in [-0.2, 0) is 14.3 Å². The summed E-state index contributed by atoms with van der Waals surface area (Å²) in [6.07, 6.45) is 4.82. The van der Waals surface area contributed by atoms with Crippen molar-refractivity contribution < 1.29 is 29.6 Å². The van der Waals surface area contributed by atoms with Crippen molar-refractivity contribution in [1.82, 2.24) is 0 Å². The normalized spacial score (nSPS) is 44.6. The maximum absolute atomic E-state index is 12.8. The third kappa shape index (κ3) is 3.71. The average Bonchev–Trinajstić information content (AvgIpc) is 2.96. The number of carbonyl (C=O) groups excluding carboxylic acids is 2. The number of ketones is 1. The summed E-state index contributed by atoms with van der Waals surface area (Å²) < 4.78 is 4.86. The SMILES string of the molecule is C[C@]1(CO)CC[C@@H]2CCC(=O)[C@@H](C/C=C3/C(=O)OC[C@H]3O)[C@]2(C)CC[C@H]1O. The van der Waals surface area contributed by atoms with Crippen LogP contribution >= 0.6 is 0 Å². The van der Waals surface area contributed by atoms with Gasteiger partial charge in [0.05, 0.1) is 18.3 Å². The molecule has 27 heavy (non-hydrogen) atoms. The number of rotatable bonds is 3. The zero-order valence-corrected chi connectivity index (χ0v) is 16.3. The number of aliphatic hydroxyl groups is 3. The molecule has 1 aliphatic heterocycles. The minimum Gasteiger partial charge on any atom is -0.459 e. The van der Waals surface area contributed by atoms with Crippen LogP contribution in [0.1, 0.15) is 58.8 Å². The molecule has 0 aromatic rings. The lowest BCUT2D eigenvalue weighted by molar-refractivity contribution is -0.138. The fourth-order valence-electron chi connectivity index (χ4n) is 5.30. The summed E-state index contributed by atoms with van der Waals surface area (Å²) in [7, 11) is 0. The Morgan fingerprint density at radius 3 is 2.52 bits per heavy atom. The zero-order valence-electron chi connectivity index (χ0n) is 16.3. The molecule has 0 spiro atoms. The van der Waals surface area contributed by atoms with Crippen LogP contribution in [0.5, 0.6) is 0 Å². The summed E-state index contributed by atoms with van der Waals surface area (Å²) in [5, 5.41) is 30.3. The van der Waals surface area contributed by atoms with Gasteiger partial charge in [0.15, 0.2) is 0 Å². The minimum absolute atomic E-state index is 0.0187. The van der Waals surface area contributed by atoms with E-state index in [9.17, 15) is 24.9 Å². The first kappa shape index (κ1) is 20.5. The molecule has 3 aliphatic rings. The van der Waals surface area contributed by atoms with Crippen LogP contribution in [0.4, 0.5) is 0 Å². The van der Waals surface area contributed by atoms with Gasteiger partial charge in [0.2, 0.25) is 0 Å². The highest BCUT2D eigenvalue weighted by Gasteiger charge is 2.50. The van der Waals surface area contributed by atoms with E-state index in [0.29, 0.717) is 31.6 Å². The lowest BCUT2D eigenvalue weighted by atomic mass is 9.54. The molecule has 1 heterocycles. The van der Waals surface area contributed by atoms with E-state index in [1.165, 1.54) is 0 Å². The van der Waals surface area contributed by atoms with Gasteiger partial charge in [-0.15, -0.1) is 0 Å². The number of allylic oxidation sites excluding steroid dienone is 1. The van der Waals surface area contributed by atoms with Crippen LogP contribution in [0.2, 0.25) is 0 Å². The average molecular weight is 380 g/mol. The van der Waals surface area contributed by atoms with E-state index in [-0.39, 0.29) is 35.9 Å². The highest BCUT2D eigenvalue weighted by Crippen LogP contribution is 2.53. The van der Waals surface area contributed by atoms with Crippen molar-refractivity contribution in [3.8, 4) is 0 Å². The Balaban J connectivity index is 1.83. The van der Waals surface area contributed by atoms with Crippen molar-refractivity contribution in [3.63, 3.8) is 0 Å². The molecule has 0 aromatic carbocycles. The molecule has 2 aliphatic carbocycles. The van der Waals surface area contributed by atoms with Gasteiger partial charge < -0.3 is 20.1 Å². The monoisotopic (exact) mass is 380 g/mol. The Kier molecular flexibility index (Phi) is 5.80. The second kappa shape index (κ2) is 7.64. The van der Waals surface area contributed by atoms with Gasteiger partial charge in [0.25, 0.3) is 0 Å². The standard InChI is InChI=1S/C21H32O6/c1-20(12-22)9-7-13-3-6-16(23)15(21(13,2)10-8-18(20)25)5-4-14-17(24)11-27-19(14)26/h4,13,15,17-18,22,24-25H,3,5-12H2,1-2H3/b14-4+/t13-,15+,17+,18+,20+,21+/m0/s1. The summed E-state index contributed by atoms with van der Waals surface area (Å²) in [6.45, 7) is 4.01. The number of esters is 1. The summed E-state index contributed by atoms with van der Waals surface area (Å²) in [6, 6.07) is 0. The molecular weight excluding hydrogens is 348 g/mol.